The van der Waals surface area contributed by atoms with E-state index < -0.39 is 0 Å². The van der Waals surface area contributed by atoms with Gasteiger partial charge >= 0.3 is 0 Å². The Hall–Kier alpha value is -1.02. The lowest BCUT2D eigenvalue weighted by Crippen LogP contribution is -2.72. The van der Waals surface area contributed by atoms with Crippen LogP contribution < -0.4 is 4.90 Å². The highest BCUT2D eigenvalue weighted by Gasteiger charge is 2.66. The van der Waals surface area contributed by atoms with E-state index in [-0.39, 0.29) is 5.54 Å². The molecule has 3 saturated heterocycles. The van der Waals surface area contributed by atoms with Gasteiger partial charge in [0, 0.05) is 38.3 Å². The van der Waals surface area contributed by atoms with Crippen LogP contribution in [0.4, 0.5) is 5.69 Å². The van der Waals surface area contributed by atoms with Crippen LogP contribution in [0.25, 0.3) is 0 Å². The molecule has 2 aliphatic carbocycles. The molecule has 2 heteroatoms. The lowest BCUT2D eigenvalue weighted by Gasteiger charge is -2.62. The first-order chi connectivity index (χ1) is 11.4. The SMILES string of the molecule is Cc1ccccc1N1C(C)[N+]2(CC1(C)C)C1CC3CC(C1)CC2C3. The summed E-state index contributed by atoms with van der Waals surface area (Å²) >= 11 is 0. The molecule has 5 aliphatic rings. The van der Waals surface area contributed by atoms with Crippen LogP contribution in [-0.2, 0) is 0 Å². The van der Waals surface area contributed by atoms with Gasteiger partial charge in [-0.05, 0) is 50.7 Å². The second-order valence-corrected chi connectivity index (χ2v) is 9.97. The number of piperidine rings is 2. The van der Waals surface area contributed by atoms with Gasteiger partial charge < -0.3 is 4.90 Å². The predicted molar refractivity (Wildman–Crippen MR) is 100.0 cm³/mol. The van der Waals surface area contributed by atoms with Gasteiger partial charge in [-0.15, -0.1) is 0 Å². The molecular weight excluding hydrogens is 292 g/mol. The largest absolute Gasteiger partial charge is 0.312 e. The zero-order valence-electron chi connectivity index (χ0n) is 15.8. The normalized spacial score (nSPS) is 45.3. The molecule has 4 bridgehead atoms. The molecular formula is C22H33N2+. The first-order valence-electron chi connectivity index (χ1n) is 10.1. The average molecular weight is 326 g/mol. The number of aryl methyl sites for hydroxylation is 1. The van der Waals surface area contributed by atoms with Gasteiger partial charge in [0.25, 0.3) is 0 Å². The fraction of sp³-hybridized carbons (Fsp3) is 0.727. The van der Waals surface area contributed by atoms with E-state index in [1.165, 1.54) is 48.0 Å². The summed E-state index contributed by atoms with van der Waals surface area (Å²) in [6.45, 7) is 11.2. The molecule has 2 nitrogen and oxygen atoms in total. The third-order valence-electron chi connectivity index (χ3n) is 8.21. The highest BCUT2D eigenvalue weighted by Crippen LogP contribution is 2.58. The molecule has 0 radical (unpaired) electrons. The van der Waals surface area contributed by atoms with Gasteiger partial charge in [0.2, 0.25) is 0 Å². The van der Waals surface area contributed by atoms with Crippen LogP contribution in [0, 0.1) is 18.8 Å². The second kappa shape index (κ2) is 4.78. The van der Waals surface area contributed by atoms with E-state index in [4.69, 9.17) is 0 Å². The van der Waals surface area contributed by atoms with Gasteiger partial charge in [-0.3, -0.25) is 4.48 Å². The number of nitrogens with zero attached hydrogens (tertiary/aromatic N) is 2. The van der Waals surface area contributed by atoms with Gasteiger partial charge in [-0.1, -0.05) is 18.2 Å². The minimum atomic E-state index is 0.251. The first kappa shape index (κ1) is 15.3. The molecule has 5 fully saturated rings. The third kappa shape index (κ3) is 1.81. The molecule has 3 aliphatic heterocycles. The maximum absolute atomic E-state index is 2.80. The van der Waals surface area contributed by atoms with Crippen LogP contribution in [-0.4, -0.2) is 34.8 Å². The Balaban J connectivity index is 1.60. The van der Waals surface area contributed by atoms with E-state index >= 15 is 0 Å². The molecule has 24 heavy (non-hydrogen) atoms. The van der Waals surface area contributed by atoms with Crippen molar-refractivity contribution in [1.82, 2.24) is 0 Å². The summed E-state index contributed by atoms with van der Waals surface area (Å²) in [4.78, 5) is 2.80. The number of hydrogen-bond acceptors (Lipinski definition) is 1. The number of benzene rings is 1. The monoisotopic (exact) mass is 325 g/mol. The van der Waals surface area contributed by atoms with Crippen LogP contribution in [0.1, 0.15) is 58.4 Å². The van der Waals surface area contributed by atoms with Gasteiger partial charge in [0.15, 0.2) is 6.17 Å². The minimum absolute atomic E-state index is 0.251. The molecule has 0 N–H and O–H groups in total. The molecule has 1 unspecified atom stereocenters. The zero-order chi connectivity index (χ0) is 16.7. The summed E-state index contributed by atoms with van der Waals surface area (Å²) in [5.41, 5.74) is 3.15. The van der Waals surface area contributed by atoms with Crippen molar-refractivity contribution >= 4 is 5.69 Å². The summed E-state index contributed by atoms with van der Waals surface area (Å²) in [7, 11) is 0. The van der Waals surface area contributed by atoms with Crippen molar-refractivity contribution in [3.05, 3.63) is 29.8 Å². The summed E-state index contributed by atoms with van der Waals surface area (Å²) in [5, 5.41) is 0. The third-order valence-corrected chi connectivity index (χ3v) is 8.21. The number of para-hydroxylation sites is 1. The smallest absolute Gasteiger partial charge is 0.162 e. The number of rotatable bonds is 1. The summed E-state index contributed by atoms with van der Waals surface area (Å²) in [6.07, 6.45) is 8.21. The molecule has 130 valence electrons. The maximum atomic E-state index is 2.80. The molecule has 1 atom stereocenters. The Morgan fingerprint density at radius 3 is 2.12 bits per heavy atom. The summed E-state index contributed by atoms with van der Waals surface area (Å²) < 4.78 is 1.41. The topological polar surface area (TPSA) is 3.24 Å². The van der Waals surface area contributed by atoms with Crippen molar-refractivity contribution in [2.45, 2.75) is 83.6 Å². The van der Waals surface area contributed by atoms with Crippen molar-refractivity contribution in [1.29, 1.82) is 0 Å². The Morgan fingerprint density at radius 1 is 0.958 bits per heavy atom. The predicted octanol–water partition coefficient (Wildman–Crippen LogP) is 4.72. The summed E-state index contributed by atoms with van der Waals surface area (Å²) in [5.74, 6) is 2.11. The average Bonchev–Trinajstić information content (AvgIpc) is 2.72. The van der Waals surface area contributed by atoms with E-state index in [0.29, 0.717) is 6.17 Å². The Morgan fingerprint density at radius 2 is 1.54 bits per heavy atom. The molecule has 6 rings (SSSR count). The van der Waals surface area contributed by atoms with Crippen LogP contribution in [0.15, 0.2) is 24.3 Å². The van der Waals surface area contributed by atoms with E-state index in [1.54, 1.807) is 6.42 Å². The molecule has 1 aromatic rings. The highest BCUT2D eigenvalue weighted by atomic mass is 15.6. The summed E-state index contributed by atoms with van der Waals surface area (Å²) in [6, 6.07) is 10.9. The lowest BCUT2D eigenvalue weighted by atomic mass is 9.62. The van der Waals surface area contributed by atoms with Crippen molar-refractivity contribution in [3.8, 4) is 0 Å². The second-order valence-electron chi connectivity index (χ2n) is 9.97. The molecule has 1 spiro atoms. The zero-order valence-corrected chi connectivity index (χ0v) is 15.8. The van der Waals surface area contributed by atoms with Gasteiger partial charge in [0.05, 0.1) is 17.6 Å². The van der Waals surface area contributed by atoms with Crippen molar-refractivity contribution in [2.75, 3.05) is 11.4 Å². The highest BCUT2D eigenvalue weighted by molar-refractivity contribution is 5.56. The van der Waals surface area contributed by atoms with Crippen molar-refractivity contribution in [3.63, 3.8) is 0 Å². The number of anilines is 1. The maximum Gasteiger partial charge on any atom is 0.162 e. The Kier molecular flexibility index (Phi) is 3.04. The molecule has 0 aromatic heterocycles. The van der Waals surface area contributed by atoms with Crippen LogP contribution in [0.2, 0.25) is 0 Å². The van der Waals surface area contributed by atoms with Gasteiger partial charge in [0.1, 0.15) is 6.54 Å². The fourth-order valence-electron chi connectivity index (χ4n) is 7.69. The number of quaternary nitrogens is 1. The molecule has 1 aromatic carbocycles. The van der Waals surface area contributed by atoms with Crippen LogP contribution in [0.5, 0.6) is 0 Å². The molecule has 0 amide bonds. The van der Waals surface area contributed by atoms with Crippen LogP contribution >= 0.6 is 0 Å². The van der Waals surface area contributed by atoms with Gasteiger partial charge in [-0.25, -0.2) is 0 Å². The van der Waals surface area contributed by atoms with E-state index in [0.717, 1.165) is 23.9 Å². The minimum Gasteiger partial charge on any atom is -0.312 e. The van der Waals surface area contributed by atoms with Crippen molar-refractivity contribution < 1.29 is 4.48 Å². The first-order valence-corrected chi connectivity index (χ1v) is 10.1. The Labute approximate surface area is 147 Å². The van der Waals surface area contributed by atoms with E-state index in [2.05, 4.69) is 56.9 Å². The van der Waals surface area contributed by atoms with Crippen molar-refractivity contribution in [2.24, 2.45) is 11.8 Å². The standard InChI is InChI=1S/C22H33N2/c1-15-7-5-6-8-21(15)23-16(2)24(14-22(23,3)4)19-10-17-9-18(12-19)13-20(24)11-17/h5-8,16-20H,9-14H2,1-4H3/q+1. The lowest BCUT2D eigenvalue weighted by molar-refractivity contribution is -0.997. The fourth-order valence-corrected chi connectivity index (χ4v) is 7.69. The van der Waals surface area contributed by atoms with E-state index in [9.17, 15) is 0 Å². The van der Waals surface area contributed by atoms with E-state index in [1.807, 2.05) is 0 Å². The number of hydrogen-bond donors (Lipinski definition) is 0. The van der Waals surface area contributed by atoms with Gasteiger partial charge in [-0.2, -0.15) is 0 Å². The molecule has 2 saturated carbocycles. The Bertz CT molecular complexity index is 634. The quantitative estimate of drug-likeness (QED) is 0.676. The van der Waals surface area contributed by atoms with Crippen LogP contribution in [0.3, 0.4) is 0 Å². The molecule has 3 heterocycles.